The molecule has 3 heterocycles. The van der Waals surface area contributed by atoms with E-state index in [2.05, 4.69) is 36.1 Å². The molecule has 0 saturated heterocycles. The number of halogens is 2. The van der Waals surface area contributed by atoms with Crippen molar-refractivity contribution < 1.29 is 13.9 Å². The SMILES string of the molecule is COc1ccc(CN(Cc2ncccc2F)C(=O)c2ccc3nc(N)c(Br)cc3c2)nn1. The van der Waals surface area contributed by atoms with Crippen LogP contribution in [0.2, 0.25) is 0 Å². The highest BCUT2D eigenvalue weighted by Gasteiger charge is 2.20. The van der Waals surface area contributed by atoms with Crippen molar-refractivity contribution in [3.8, 4) is 5.88 Å². The molecule has 0 saturated carbocycles. The first-order chi connectivity index (χ1) is 15.4. The molecule has 0 atom stereocenters. The lowest BCUT2D eigenvalue weighted by Crippen LogP contribution is -2.31. The summed E-state index contributed by atoms with van der Waals surface area (Å²) < 4.78 is 19.9. The number of amides is 1. The van der Waals surface area contributed by atoms with Gasteiger partial charge in [0.25, 0.3) is 5.91 Å². The quantitative estimate of drug-likeness (QED) is 0.432. The lowest BCUT2D eigenvalue weighted by Gasteiger charge is -2.22. The van der Waals surface area contributed by atoms with Gasteiger partial charge in [-0.1, -0.05) is 0 Å². The van der Waals surface area contributed by atoms with Gasteiger partial charge < -0.3 is 15.4 Å². The van der Waals surface area contributed by atoms with E-state index in [0.29, 0.717) is 32.9 Å². The zero-order valence-electron chi connectivity index (χ0n) is 17.0. The molecule has 0 spiro atoms. The van der Waals surface area contributed by atoms with E-state index in [1.165, 1.54) is 30.3 Å². The van der Waals surface area contributed by atoms with Gasteiger partial charge in [0, 0.05) is 23.2 Å². The molecule has 0 unspecified atom stereocenters. The molecule has 0 aliphatic heterocycles. The Bertz CT molecular complexity index is 1290. The van der Waals surface area contributed by atoms with E-state index >= 15 is 0 Å². The first-order valence-corrected chi connectivity index (χ1v) is 10.3. The largest absolute Gasteiger partial charge is 0.480 e. The van der Waals surface area contributed by atoms with Gasteiger partial charge in [-0.15, -0.1) is 5.10 Å². The molecular weight excluding hydrogens is 479 g/mol. The van der Waals surface area contributed by atoms with Crippen molar-refractivity contribution in [1.29, 1.82) is 0 Å². The van der Waals surface area contributed by atoms with E-state index in [4.69, 9.17) is 10.5 Å². The average Bonchev–Trinajstić information content (AvgIpc) is 2.80. The molecule has 3 aromatic heterocycles. The van der Waals surface area contributed by atoms with Gasteiger partial charge in [0.05, 0.1) is 41.6 Å². The number of carbonyl (C=O) groups excluding carboxylic acids is 1. The number of hydrogen-bond donors (Lipinski definition) is 1. The second kappa shape index (κ2) is 9.23. The van der Waals surface area contributed by atoms with E-state index < -0.39 is 5.82 Å². The maximum absolute atomic E-state index is 14.3. The molecule has 162 valence electrons. The van der Waals surface area contributed by atoms with Crippen LogP contribution >= 0.6 is 15.9 Å². The Morgan fingerprint density at radius 3 is 2.72 bits per heavy atom. The highest BCUT2D eigenvalue weighted by atomic mass is 79.9. The minimum absolute atomic E-state index is 0.0407. The van der Waals surface area contributed by atoms with Gasteiger partial charge in [0.1, 0.15) is 11.6 Å². The molecule has 0 fully saturated rings. The highest BCUT2D eigenvalue weighted by Crippen LogP contribution is 2.25. The Morgan fingerprint density at radius 1 is 1.16 bits per heavy atom. The molecular formula is C22H18BrFN6O2. The molecule has 0 aliphatic rings. The van der Waals surface area contributed by atoms with Crippen molar-refractivity contribution in [2.24, 2.45) is 0 Å². The van der Waals surface area contributed by atoms with Gasteiger partial charge in [0.2, 0.25) is 5.88 Å². The van der Waals surface area contributed by atoms with E-state index in [0.717, 1.165) is 5.39 Å². The fourth-order valence-corrected chi connectivity index (χ4v) is 3.47. The van der Waals surface area contributed by atoms with Crippen LogP contribution in [0.4, 0.5) is 10.2 Å². The summed E-state index contributed by atoms with van der Waals surface area (Å²) in [5.41, 5.74) is 7.58. The Balaban J connectivity index is 1.68. The van der Waals surface area contributed by atoms with Crippen molar-refractivity contribution >= 4 is 38.6 Å². The lowest BCUT2D eigenvalue weighted by atomic mass is 10.1. The number of nitrogen functional groups attached to an aromatic ring is 1. The molecule has 0 radical (unpaired) electrons. The summed E-state index contributed by atoms with van der Waals surface area (Å²) in [5.74, 6) is -0.0908. The minimum Gasteiger partial charge on any atom is -0.480 e. The van der Waals surface area contributed by atoms with Crippen LogP contribution in [0.5, 0.6) is 5.88 Å². The summed E-state index contributed by atoms with van der Waals surface area (Å²) in [5, 5.41) is 8.77. The number of aromatic nitrogens is 4. The minimum atomic E-state index is -0.492. The van der Waals surface area contributed by atoms with Crippen molar-refractivity contribution in [2.45, 2.75) is 13.1 Å². The second-order valence-corrected chi connectivity index (χ2v) is 7.78. The average molecular weight is 497 g/mol. The van der Waals surface area contributed by atoms with Crippen LogP contribution in [0.25, 0.3) is 10.9 Å². The predicted octanol–water partition coefficient (Wildman–Crippen LogP) is 3.75. The molecule has 1 amide bonds. The summed E-state index contributed by atoms with van der Waals surface area (Å²) in [6, 6.07) is 13.1. The molecule has 10 heteroatoms. The summed E-state index contributed by atoms with van der Waals surface area (Å²) >= 11 is 3.36. The van der Waals surface area contributed by atoms with E-state index in [1.54, 1.807) is 36.4 Å². The normalized spacial score (nSPS) is 10.8. The monoisotopic (exact) mass is 496 g/mol. The molecule has 8 nitrogen and oxygen atoms in total. The molecule has 2 N–H and O–H groups in total. The fraction of sp³-hybridized carbons (Fsp3) is 0.136. The summed E-state index contributed by atoms with van der Waals surface area (Å²) in [6.07, 6.45) is 1.48. The van der Waals surface area contributed by atoms with Crippen LogP contribution in [-0.2, 0) is 13.1 Å². The standard InChI is InChI=1S/C22H18BrFN6O2/c1-32-20-7-5-15(28-29-20)11-30(12-19-17(24)3-2-8-26-19)22(31)13-4-6-18-14(9-13)10-16(23)21(25)27-18/h2-10H,11-12H2,1H3,(H2,25,27). The predicted molar refractivity (Wildman–Crippen MR) is 120 cm³/mol. The topological polar surface area (TPSA) is 107 Å². The van der Waals surface area contributed by atoms with Crippen LogP contribution in [0, 0.1) is 5.82 Å². The molecule has 32 heavy (non-hydrogen) atoms. The second-order valence-electron chi connectivity index (χ2n) is 6.92. The third-order valence-corrected chi connectivity index (χ3v) is 5.40. The Labute approximate surface area is 191 Å². The van der Waals surface area contributed by atoms with E-state index in [1.807, 2.05) is 0 Å². The molecule has 1 aromatic carbocycles. The van der Waals surface area contributed by atoms with E-state index in [9.17, 15) is 9.18 Å². The summed E-state index contributed by atoms with van der Waals surface area (Å²) in [6.45, 7) is 0.0640. The number of ether oxygens (including phenoxy) is 1. The number of benzene rings is 1. The molecule has 4 aromatic rings. The number of carbonyl (C=O) groups is 1. The third kappa shape index (κ3) is 4.65. The fourth-order valence-electron chi connectivity index (χ4n) is 3.13. The lowest BCUT2D eigenvalue weighted by molar-refractivity contribution is 0.0723. The van der Waals surface area contributed by atoms with Gasteiger partial charge in [0.15, 0.2) is 0 Å². The molecule has 0 bridgehead atoms. The number of hydrogen-bond acceptors (Lipinski definition) is 7. The van der Waals surface area contributed by atoms with Crippen molar-refractivity contribution in [3.05, 3.63) is 82.0 Å². The van der Waals surface area contributed by atoms with Gasteiger partial charge in [-0.25, -0.2) is 9.37 Å². The van der Waals surface area contributed by atoms with Crippen LogP contribution < -0.4 is 10.5 Å². The molecule has 4 rings (SSSR count). The Hall–Kier alpha value is -3.66. The number of rotatable bonds is 6. The zero-order chi connectivity index (χ0) is 22.7. The number of fused-ring (bicyclic) bond motifs is 1. The Morgan fingerprint density at radius 2 is 2.00 bits per heavy atom. The van der Waals surface area contributed by atoms with Crippen LogP contribution in [0.15, 0.2) is 59.2 Å². The van der Waals surface area contributed by atoms with Crippen molar-refractivity contribution in [1.82, 2.24) is 25.1 Å². The smallest absolute Gasteiger partial charge is 0.254 e. The Kier molecular flexibility index (Phi) is 6.22. The summed E-state index contributed by atoms with van der Waals surface area (Å²) in [7, 11) is 1.49. The number of pyridine rings is 2. The maximum Gasteiger partial charge on any atom is 0.254 e. The first-order valence-electron chi connectivity index (χ1n) is 9.55. The maximum atomic E-state index is 14.3. The van der Waals surface area contributed by atoms with Gasteiger partial charge >= 0.3 is 0 Å². The van der Waals surface area contributed by atoms with E-state index in [-0.39, 0.29) is 24.7 Å². The third-order valence-electron chi connectivity index (χ3n) is 4.76. The van der Waals surface area contributed by atoms with Gasteiger partial charge in [-0.3, -0.25) is 9.78 Å². The number of anilines is 1. The summed E-state index contributed by atoms with van der Waals surface area (Å²) in [4.78, 5) is 23.3. The number of nitrogens with zero attached hydrogens (tertiary/aromatic N) is 5. The van der Waals surface area contributed by atoms with Crippen molar-refractivity contribution in [2.75, 3.05) is 12.8 Å². The van der Waals surface area contributed by atoms with Crippen LogP contribution in [0.1, 0.15) is 21.7 Å². The number of methoxy groups -OCH3 is 1. The van der Waals surface area contributed by atoms with Gasteiger partial charge in [-0.2, -0.15) is 5.10 Å². The first kappa shape index (κ1) is 21.6. The number of nitrogens with two attached hydrogens (primary N) is 1. The zero-order valence-corrected chi connectivity index (χ0v) is 18.6. The van der Waals surface area contributed by atoms with Gasteiger partial charge in [-0.05, 0) is 58.4 Å². The van der Waals surface area contributed by atoms with Crippen LogP contribution in [0.3, 0.4) is 0 Å². The van der Waals surface area contributed by atoms with Crippen LogP contribution in [-0.4, -0.2) is 38.1 Å². The highest BCUT2D eigenvalue weighted by molar-refractivity contribution is 9.10. The van der Waals surface area contributed by atoms with Crippen molar-refractivity contribution in [3.63, 3.8) is 0 Å². The molecule has 0 aliphatic carbocycles.